The van der Waals surface area contributed by atoms with E-state index >= 15 is 0 Å². The molecule has 16 heavy (non-hydrogen) atoms. The van der Waals surface area contributed by atoms with E-state index in [1.807, 2.05) is 0 Å². The second kappa shape index (κ2) is 8.32. The van der Waals surface area contributed by atoms with Gasteiger partial charge in [-0.05, 0) is 38.0 Å². The van der Waals surface area contributed by atoms with Crippen LogP contribution in [0.3, 0.4) is 0 Å². The highest BCUT2D eigenvalue weighted by Gasteiger charge is 2.15. The van der Waals surface area contributed by atoms with Gasteiger partial charge in [0.25, 0.3) is 0 Å². The minimum absolute atomic E-state index is 0.516. The summed E-state index contributed by atoms with van der Waals surface area (Å²) in [6.07, 6.45) is 7.85. The summed E-state index contributed by atoms with van der Waals surface area (Å²) in [5, 5.41) is 0. The SMILES string of the molecule is C=N/C(=C(\C=C/C)C(C)C)C(CC)CCC. The van der Waals surface area contributed by atoms with Crippen molar-refractivity contribution < 1.29 is 0 Å². The topological polar surface area (TPSA) is 12.4 Å². The van der Waals surface area contributed by atoms with Crippen molar-refractivity contribution in [3.8, 4) is 0 Å². The van der Waals surface area contributed by atoms with Gasteiger partial charge in [0.1, 0.15) is 0 Å². The molecule has 0 saturated heterocycles. The lowest BCUT2D eigenvalue weighted by Crippen LogP contribution is -2.07. The molecule has 0 aromatic heterocycles. The van der Waals surface area contributed by atoms with E-state index in [1.54, 1.807) is 0 Å². The van der Waals surface area contributed by atoms with Gasteiger partial charge in [-0.3, -0.25) is 4.99 Å². The van der Waals surface area contributed by atoms with Crippen LogP contribution in [0.15, 0.2) is 28.4 Å². The van der Waals surface area contributed by atoms with Crippen LogP contribution in [0.5, 0.6) is 0 Å². The molecular formula is C15H27N. The summed E-state index contributed by atoms with van der Waals surface area (Å²) in [7, 11) is 0. The van der Waals surface area contributed by atoms with E-state index in [-0.39, 0.29) is 0 Å². The van der Waals surface area contributed by atoms with Gasteiger partial charge in [-0.25, -0.2) is 0 Å². The minimum Gasteiger partial charge on any atom is -0.268 e. The fraction of sp³-hybridized carbons (Fsp3) is 0.667. The van der Waals surface area contributed by atoms with Crippen molar-refractivity contribution in [3.63, 3.8) is 0 Å². The molecule has 0 aliphatic heterocycles. The Morgan fingerprint density at radius 1 is 1.31 bits per heavy atom. The fourth-order valence-electron chi connectivity index (χ4n) is 2.09. The van der Waals surface area contributed by atoms with Gasteiger partial charge in [-0.1, -0.05) is 46.3 Å². The second-order valence-corrected chi connectivity index (χ2v) is 4.55. The molecule has 0 aromatic carbocycles. The Balaban J connectivity index is 5.27. The highest BCUT2D eigenvalue weighted by molar-refractivity contribution is 5.36. The number of allylic oxidation sites excluding steroid dienone is 4. The molecule has 0 saturated carbocycles. The maximum absolute atomic E-state index is 4.30. The predicted octanol–water partition coefficient (Wildman–Crippen LogP) is 5.00. The largest absolute Gasteiger partial charge is 0.268 e. The van der Waals surface area contributed by atoms with E-state index in [0.29, 0.717) is 11.8 Å². The Labute approximate surface area is 101 Å². The second-order valence-electron chi connectivity index (χ2n) is 4.55. The van der Waals surface area contributed by atoms with Gasteiger partial charge in [0.2, 0.25) is 0 Å². The number of nitrogens with zero attached hydrogens (tertiary/aromatic N) is 1. The third-order valence-electron chi connectivity index (χ3n) is 2.95. The monoisotopic (exact) mass is 221 g/mol. The first-order chi connectivity index (χ1) is 7.62. The molecule has 0 bridgehead atoms. The quantitative estimate of drug-likeness (QED) is 0.424. The van der Waals surface area contributed by atoms with Crippen molar-refractivity contribution in [1.29, 1.82) is 0 Å². The Hall–Kier alpha value is -0.850. The van der Waals surface area contributed by atoms with Gasteiger partial charge in [-0.2, -0.15) is 0 Å². The van der Waals surface area contributed by atoms with Gasteiger partial charge in [0, 0.05) is 11.6 Å². The Kier molecular flexibility index (Phi) is 7.88. The van der Waals surface area contributed by atoms with Crippen molar-refractivity contribution in [1.82, 2.24) is 0 Å². The normalized spacial score (nSPS) is 15.4. The molecule has 0 N–H and O–H groups in total. The lowest BCUT2D eigenvalue weighted by atomic mass is 9.89. The molecule has 1 unspecified atom stereocenters. The van der Waals surface area contributed by atoms with Crippen LogP contribution in [0.1, 0.15) is 53.9 Å². The first kappa shape index (κ1) is 15.2. The average Bonchev–Trinajstić information content (AvgIpc) is 2.27. The molecular weight excluding hydrogens is 194 g/mol. The lowest BCUT2D eigenvalue weighted by Gasteiger charge is -2.19. The molecule has 0 spiro atoms. The van der Waals surface area contributed by atoms with Crippen LogP contribution < -0.4 is 0 Å². The molecule has 1 nitrogen and oxygen atoms in total. The summed E-state index contributed by atoms with van der Waals surface area (Å²) in [6, 6.07) is 0. The molecule has 0 aromatic rings. The van der Waals surface area contributed by atoms with Crippen LogP contribution in [0.25, 0.3) is 0 Å². The summed E-state index contributed by atoms with van der Waals surface area (Å²) < 4.78 is 0. The van der Waals surface area contributed by atoms with E-state index in [9.17, 15) is 0 Å². The molecule has 0 radical (unpaired) electrons. The van der Waals surface area contributed by atoms with Gasteiger partial charge < -0.3 is 0 Å². The summed E-state index contributed by atoms with van der Waals surface area (Å²) in [5.41, 5.74) is 2.55. The van der Waals surface area contributed by atoms with E-state index in [4.69, 9.17) is 0 Å². The fourth-order valence-corrected chi connectivity index (χ4v) is 2.09. The van der Waals surface area contributed by atoms with E-state index in [2.05, 4.69) is 58.5 Å². The Bertz CT molecular complexity index is 259. The van der Waals surface area contributed by atoms with Crippen molar-refractivity contribution in [3.05, 3.63) is 23.4 Å². The maximum atomic E-state index is 4.30. The minimum atomic E-state index is 0.516. The number of hydrogen-bond acceptors (Lipinski definition) is 1. The van der Waals surface area contributed by atoms with E-state index in [0.717, 1.165) is 6.42 Å². The van der Waals surface area contributed by atoms with Crippen LogP contribution in [0.4, 0.5) is 0 Å². The van der Waals surface area contributed by atoms with E-state index < -0.39 is 0 Å². The van der Waals surface area contributed by atoms with Crippen LogP contribution in [0, 0.1) is 11.8 Å². The van der Waals surface area contributed by atoms with E-state index in [1.165, 1.54) is 24.1 Å². The zero-order chi connectivity index (χ0) is 12.6. The first-order valence-electron chi connectivity index (χ1n) is 6.45. The van der Waals surface area contributed by atoms with Gasteiger partial charge in [0.05, 0.1) is 0 Å². The first-order valence-corrected chi connectivity index (χ1v) is 6.45. The van der Waals surface area contributed by atoms with Gasteiger partial charge in [-0.15, -0.1) is 0 Å². The van der Waals surface area contributed by atoms with Crippen LogP contribution in [0.2, 0.25) is 0 Å². The zero-order valence-electron chi connectivity index (χ0n) is 11.6. The molecule has 0 aliphatic carbocycles. The van der Waals surface area contributed by atoms with Crippen molar-refractivity contribution >= 4 is 6.72 Å². The van der Waals surface area contributed by atoms with Crippen molar-refractivity contribution in [2.24, 2.45) is 16.8 Å². The van der Waals surface area contributed by atoms with Crippen LogP contribution in [-0.4, -0.2) is 6.72 Å². The molecule has 0 aliphatic rings. The standard InChI is InChI=1S/C15H27N/c1-7-10-13(9-3)15(16-6)14(11-8-2)12(4)5/h8,11-13H,6-7,9-10H2,1-5H3/b11-8-,15-14+. The highest BCUT2D eigenvalue weighted by Crippen LogP contribution is 2.28. The van der Waals surface area contributed by atoms with Crippen LogP contribution >= 0.6 is 0 Å². The molecule has 0 heterocycles. The molecule has 1 atom stereocenters. The van der Waals surface area contributed by atoms with Crippen LogP contribution in [-0.2, 0) is 0 Å². The van der Waals surface area contributed by atoms with Gasteiger partial charge in [0.15, 0.2) is 0 Å². The third-order valence-corrected chi connectivity index (χ3v) is 2.95. The average molecular weight is 221 g/mol. The van der Waals surface area contributed by atoms with Gasteiger partial charge >= 0.3 is 0 Å². The smallest absolute Gasteiger partial charge is 0.0461 e. The molecule has 0 fully saturated rings. The number of aliphatic imine (C=N–C) groups is 1. The molecule has 0 rings (SSSR count). The summed E-state index contributed by atoms with van der Waals surface area (Å²) in [5.74, 6) is 1.08. The van der Waals surface area contributed by atoms with Crippen molar-refractivity contribution in [2.45, 2.75) is 53.9 Å². The molecule has 92 valence electrons. The zero-order valence-corrected chi connectivity index (χ0v) is 11.6. The third kappa shape index (κ3) is 4.34. The molecule has 0 amide bonds. The predicted molar refractivity (Wildman–Crippen MR) is 74.9 cm³/mol. The number of hydrogen-bond donors (Lipinski definition) is 0. The summed E-state index contributed by atoms with van der Waals surface area (Å²) >= 11 is 0. The summed E-state index contributed by atoms with van der Waals surface area (Å²) in [4.78, 5) is 4.30. The maximum Gasteiger partial charge on any atom is 0.0461 e. The number of rotatable bonds is 7. The Morgan fingerprint density at radius 2 is 1.94 bits per heavy atom. The Morgan fingerprint density at radius 3 is 2.25 bits per heavy atom. The lowest BCUT2D eigenvalue weighted by molar-refractivity contribution is 0.520. The highest BCUT2D eigenvalue weighted by atomic mass is 14.7. The summed E-state index contributed by atoms with van der Waals surface area (Å²) in [6.45, 7) is 14.7. The molecule has 1 heteroatoms. The van der Waals surface area contributed by atoms with Crippen molar-refractivity contribution in [2.75, 3.05) is 0 Å².